The minimum absolute atomic E-state index is 0.270. The van der Waals surface area contributed by atoms with Crippen LogP contribution in [0.5, 0.6) is 5.75 Å². The Morgan fingerprint density at radius 1 is 1.19 bits per heavy atom. The van der Waals surface area contributed by atoms with E-state index in [2.05, 4.69) is 5.32 Å². The van der Waals surface area contributed by atoms with Crippen LogP contribution >= 0.6 is 11.6 Å². The number of hydrogen-bond donors (Lipinski definition) is 1. The summed E-state index contributed by atoms with van der Waals surface area (Å²) in [5.74, 6) is 0.0552. The average molecular weight is 411 g/mol. The Labute approximate surface area is 165 Å². The van der Waals surface area contributed by atoms with Gasteiger partial charge < -0.3 is 10.1 Å². The lowest BCUT2D eigenvalue weighted by atomic mass is 10.1. The van der Waals surface area contributed by atoms with Crippen LogP contribution in [0.2, 0.25) is 5.02 Å². The molecule has 6 nitrogen and oxygen atoms in total. The van der Waals surface area contributed by atoms with Crippen molar-refractivity contribution in [3.8, 4) is 5.75 Å². The molecule has 1 amide bonds. The number of halogens is 1. The van der Waals surface area contributed by atoms with E-state index in [4.69, 9.17) is 16.3 Å². The SMILES string of the molecule is COc1ccc(N(CC(=O)NCCCc2ccccc2)S(C)(=O)=O)cc1Cl. The fraction of sp³-hybridized carbons (Fsp3) is 0.316. The summed E-state index contributed by atoms with van der Waals surface area (Å²) in [6.07, 6.45) is 2.65. The van der Waals surface area contributed by atoms with Crippen LogP contribution in [0, 0.1) is 0 Å². The molecule has 0 fully saturated rings. The number of carbonyl (C=O) groups excluding carboxylic acids is 1. The predicted molar refractivity (Wildman–Crippen MR) is 108 cm³/mol. The van der Waals surface area contributed by atoms with Crippen molar-refractivity contribution in [1.29, 1.82) is 0 Å². The van der Waals surface area contributed by atoms with Crippen LogP contribution in [0.25, 0.3) is 0 Å². The number of aryl methyl sites for hydroxylation is 1. The van der Waals surface area contributed by atoms with Crippen LogP contribution in [0.3, 0.4) is 0 Å². The van der Waals surface area contributed by atoms with Crippen LogP contribution in [0.15, 0.2) is 48.5 Å². The Bertz CT molecular complexity index is 873. The van der Waals surface area contributed by atoms with Crippen molar-refractivity contribution >= 4 is 33.2 Å². The van der Waals surface area contributed by atoms with Gasteiger partial charge in [-0.25, -0.2) is 8.42 Å². The predicted octanol–water partition coefficient (Wildman–Crippen LogP) is 2.86. The lowest BCUT2D eigenvalue weighted by molar-refractivity contribution is -0.119. The van der Waals surface area contributed by atoms with E-state index in [1.54, 1.807) is 12.1 Å². The maximum atomic E-state index is 12.2. The van der Waals surface area contributed by atoms with Gasteiger partial charge in [0.2, 0.25) is 15.9 Å². The largest absolute Gasteiger partial charge is 0.495 e. The smallest absolute Gasteiger partial charge is 0.240 e. The molecule has 0 heterocycles. The van der Waals surface area contributed by atoms with Crippen molar-refractivity contribution in [3.63, 3.8) is 0 Å². The summed E-state index contributed by atoms with van der Waals surface area (Å²) in [7, 11) is -2.18. The first-order valence-corrected chi connectivity index (χ1v) is 10.7. The number of carbonyl (C=O) groups is 1. The fourth-order valence-electron chi connectivity index (χ4n) is 2.56. The number of nitrogens with one attached hydrogen (secondary N) is 1. The van der Waals surface area contributed by atoms with Gasteiger partial charge in [0, 0.05) is 6.54 Å². The number of anilines is 1. The van der Waals surface area contributed by atoms with Gasteiger partial charge in [-0.15, -0.1) is 0 Å². The molecule has 0 aliphatic heterocycles. The zero-order valence-corrected chi connectivity index (χ0v) is 16.9. The molecule has 0 saturated heterocycles. The molecule has 0 saturated carbocycles. The third kappa shape index (κ3) is 6.45. The highest BCUT2D eigenvalue weighted by Crippen LogP contribution is 2.30. The number of hydrogen-bond acceptors (Lipinski definition) is 4. The molecule has 2 rings (SSSR count). The van der Waals surface area contributed by atoms with Gasteiger partial charge in [0.1, 0.15) is 12.3 Å². The van der Waals surface area contributed by atoms with Crippen LogP contribution < -0.4 is 14.4 Å². The van der Waals surface area contributed by atoms with Crippen molar-refractivity contribution in [2.24, 2.45) is 0 Å². The number of amides is 1. The van der Waals surface area contributed by atoms with Crippen molar-refractivity contribution in [3.05, 3.63) is 59.1 Å². The van der Waals surface area contributed by atoms with Crippen molar-refractivity contribution in [2.75, 3.05) is 30.8 Å². The number of nitrogens with zero attached hydrogens (tertiary/aromatic N) is 1. The molecule has 146 valence electrons. The first-order valence-electron chi connectivity index (χ1n) is 8.43. The molecule has 0 spiro atoms. The van der Waals surface area contributed by atoms with Crippen molar-refractivity contribution in [1.82, 2.24) is 5.32 Å². The standard InChI is InChI=1S/C19H23ClN2O4S/c1-26-18-11-10-16(13-17(18)20)22(27(2,24)25)14-19(23)21-12-6-9-15-7-4-3-5-8-15/h3-5,7-8,10-11,13H,6,9,12,14H2,1-2H3,(H,21,23). The first kappa shape index (κ1) is 21.1. The molecule has 0 aliphatic carbocycles. The minimum atomic E-state index is -3.65. The number of sulfonamides is 1. The summed E-state index contributed by atoms with van der Waals surface area (Å²) in [5.41, 5.74) is 1.50. The second kappa shape index (κ2) is 9.62. The monoisotopic (exact) mass is 410 g/mol. The summed E-state index contributed by atoms with van der Waals surface area (Å²) in [6.45, 7) is 0.154. The van der Waals surface area contributed by atoms with E-state index in [9.17, 15) is 13.2 Å². The van der Waals surface area contributed by atoms with Crippen LogP contribution in [0.4, 0.5) is 5.69 Å². The van der Waals surface area contributed by atoms with E-state index in [-0.39, 0.29) is 17.5 Å². The van der Waals surface area contributed by atoms with Crippen molar-refractivity contribution in [2.45, 2.75) is 12.8 Å². The molecule has 0 aromatic heterocycles. The van der Waals surface area contributed by atoms with Gasteiger partial charge in [0.05, 0.1) is 24.1 Å². The summed E-state index contributed by atoms with van der Waals surface area (Å²) in [4.78, 5) is 12.2. The summed E-state index contributed by atoms with van der Waals surface area (Å²) in [6, 6.07) is 14.5. The number of methoxy groups -OCH3 is 1. The Morgan fingerprint density at radius 3 is 2.48 bits per heavy atom. The second-order valence-corrected chi connectivity index (χ2v) is 8.34. The Morgan fingerprint density at radius 2 is 1.89 bits per heavy atom. The molecule has 0 radical (unpaired) electrons. The van der Waals surface area contributed by atoms with Crippen LogP contribution in [-0.4, -0.2) is 40.8 Å². The van der Waals surface area contributed by atoms with Gasteiger partial charge in [-0.05, 0) is 36.6 Å². The van der Waals surface area contributed by atoms with E-state index in [0.29, 0.717) is 18.0 Å². The Kier molecular flexibility index (Phi) is 7.50. The third-order valence-electron chi connectivity index (χ3n) is 3.92. The molecule has 27 heavy (non-hydrogen) atoms. The van der Waals surface area contributed by atoms with Gasteiger partial charge in [-0.1, -0.05) is 41.9 Å². The van der Waals surface area contributed by atoms with Gasteiger partial charge in [0.25, 0.3) is 0 Å². The Hall–Kier alpha value is -2.25. The summed E-state index contributed by atoms with van der Waals surface area (Å²) in [5, 5.41) is 3.03. The van der Waals surface area contributed by atoms with E-state index >= 15 is 0 Å². The lowest BCUT2D eigenvalue weighted by Gasteiger charge is -2.22. The topological polar surface area (TPSA) is 75.7 Å². The van der Waals surface area contributed by atoms with Crippen molar-refractivity contribution < 1.29 is 17.9 Å². The lowest BCUT2D eigenvalue weighted by Crippen LogP contribution is -2.40. The molecule has 8 heteroatoms. The Balaban J connectivity index is 1.95. The molecule has 0 atom stereocenters. The van der Waals surface area contributed by atoms with Gasteiger partial charge in [0.15, 0.2) is 0 Å². The molecule has 1 N–H and O–H groups in total. The number of benzene rings is 2. The highest BCUT2D eigenvalue weighted by molar-refractivity contribution is 7.92. The second-order valence-electron chi connectivity index (χ2n) is 6.03. The summed E-state index contributed by atoms with van der Waals surface area (Å²) >= 11 is 6.07. The van der Waals surface area contributed by atoms with Gasteiger partial charge in [-0.2, -0.15) is 0 Å². The molecule has 0 unspecified atom stereocenters. The number of ether oxygens (including phenoxy) is 1. The molecular weight excluding hydrogens is 388 g/mol. The van der Waals surface area contributed by atoms with E-state index < -0.39 is 10.0 Å². The van der Waals surface area contributed by atoms with Gasteiger partial charge >= 0.3 is 0 Å². The maximum absolute atomic E-state index is 12.2. The first-order chi connectivity index (χ1) is 12.8. The maximum Gasteiger partial charge on any atom is 0.240 e. The molecular formula is C19H23ClN2O4S. The molecule has 2 aromatic rings. The van der Waals surface area contributed by atoms with E-state index in [1.165, 1.54) is 18.7 Å². The average Bonchev–Trinajstić information content (AvgIpc) is 2.63. The highest BCUT2D eigenvalue weighted by Gasteiger charge is 2.21. The zero-order valence-electron chi connectivity index (χ0n) is 15.3. The third-order valence-corrected chi connectivity index (χ3v) is 5.35. The molecule has 2 aromatic carbocycles. The normalized spacial score (nSPS) is 11.1. The van der Waals surface area contributed by atoms with E-state index in [0.717, 1.165) is 23.4 Å². The van der Waals surface area contributed by atoms with Crippen LogP contribution in [-0.2, 0) is 21.2 Å². The number of rotatable bonds is 9. The van der Waals surface area contributed by atoms with Gasteiger partial charge in [-0.3, -0.25) is 9.10 Å². The van der Waals surface area contributed by atoms with Crippen LogP contribution in [0.1, 0.15) is 12.0 Å². The quantitative estimate of drug-likeness (QED) is 0.645. The minimum Gasteiger partial charge on any atom is -0.495 e. The summed E-state index contributed by atoms with van der Waals surface area (Å²) < 4.78 is 30.3. The fourth-order valence-corrected chi connectivity index (χ4v) is 3.66. The highest BCUT2D eigenvalue weighted by atomic mass is 35.5. The van der Waals surface area contributed by atoms with E-state index in [1.807, 2.05) is 30.3 Å². The molecule has 0 bridgehead atoms. The zero-order chi connectivity index (χ0) is 19.9. The molecule has 0 aliphatic rings.